The maximum Gasteiger partial charge on any atom is 0.387 e. The van der Waals surface area contributed by atoms with E-state index in [0.29, 0.717) is 0 Å². The summed E-state index contributed by atoms with van der Waals surface area (Å²) in [6, 6.07) is 6.67. The minimum Gasteiger partial charge on any atom is -0.435 e. The first kappa shape index (κ1) is 11.5. The minimum absolute atomic E-state index is 0.174. The van der Waals surface area contributed by atoms with Crippen molar-refractivity contribution in [2.24, 2.45) is 0 Å². The molecule has 0 atom stereocenters. The third kappa shape index (κ3) is 2.40. The van der Waals surface area contributed by atoms with Gasteiger partial charge in [0, 0.05) is 16.0 Å². The van der Waals surface area contributed by atoms with E-state index in [2.05, 4.69) is 32.3 Å². The van der Waals surface area contributed by atoms with Crippen LogP contribution in [0.25, 0.3) is 10.8 Å². The lowest BCUT2D eigenvalue weighted by Gasteiger charge is -2.07. The Balaban J connectivity index is 2.47. The Morgan fingerprint density at radius 2 is 2.12 bits per heavy atom. The predicted octanol–water partition coefficient (Wildman–Crippen LogP) is 3.77. The van der Waals surface area contributed by atoms with Gasteiger partial charge in [-0.2, -0.15) is 8.78 Å². The summed E-state index contributed by atoms with van der Waals surface area (Å²) in [5.41, 5.74) is 0.946. The summed E-state index contributed by atoms with van der Waals surface area (Å²) >= 11 is 2.22. The molecule has 0 radical (unpaired) electrons. The van der Waals surface area contributed by atoms with Gasteiger partial charge in [-0.05, 0) is 29.7 Å². The van der Waals surface area contributed by atoms with E-state index in [9.17, 15) is 8.78 Å². The molecule has 0 fully saturated rings. The summed E-state index contributed by atoms with van der Waals surface area (Å²) < 4.78 is 29.2. The summed E-state index contributed by atoms with van der Waals surface area (Å²) in [7, 11) is 0. The van der Waals surface area contributed by atoms with Crippen molar-refractivity contribution in [3.05, 3.63) is 36.2 Å². The van der Waals surface area contributed by atoms with Crippen LogP contribution in [0, 0.1) is 0 Å². The van der Waals surface area contributed by atoms with E-state index in [4.69, 9.17) is 0 Å². The van der Waals surface area contributed by atoms with Crippen molar-refractivity contribution in [3.63, 3.8) is 0 Å². The molecule has 84 valence electrons. The Morgan fingerprint density at radius 3 is 2.81 bits per heavy atom. The average Bonchev–Trinajstić information content (AvgIpc) is 2.27. The van der Waals surface area contributed by atoms with Crippen LogP contribution in [-0.4, -0.2) is 11.6 Å². The third-order valence-electron chi connectivity index (χ3n) is 2.17. The number of hydrogen-bond acceptors (Lipinski definition) is 2. The highest BCUT2D eigenvalue weighted by Gasteiger charge is 2.06. The standard InChI is InChI=1S/C11H8F2INO/c12-11(13)16-8-1-2-9-7(5-8)3-4-15-10(9)6-14/h1-5,11H,6H2. The number of benzene rings is 1. The van der Waals surface area contributed by atoms with E-state index >= 15 is 0 Å². The smallest absolute Gasteiger partial charge is 0.387 e. The van der Waals surface area contributed by atoms with E-state index < -0.39 is 6.61 Å². The van der Waals surface area contributed by atoms with Gasteiger partial charge in [0.1, 0.15) is 5.75 Å². The Hall–Kier alpha value is -0.980. The normalized spacial score (nSPS) is 11.0. The zero-order chi connectivity index (χ0) is 11.5. The zero-order valence-electron chi connectivity index (χ0n) is 8.16. The number of ether oxygens (including phenoxy) is 1. The van der Waals surface area contributed by atoms with Crippen LogP contribution in [0.5, 0.6) is 5.75 Å². The van der Waals surface area contributed by atoms with Gasteiger partial charge in [0.15, 0.2) is 0 Å². The van der Waals surface area contributed by atoms with Gasteiger partial charge >= 0.3 is 6.61 Å². The summed E-state index contributed by atoms with van der Waals surface area (Å²) in [6.07, 6.45) is 1.67. The maximum atomic E-state index is 12.0. The largest absolute Gasteiger partial charge is 0.435 e. The van der Waals surface area contributed by atoms with Gasteiger partial charge < -0.3 is 4.74 Å². The molecule has 2 aromatic rings. The van der Waals surface area contributed by atoms with Gasteiger partial charge in [-0.3, -0.25) is 4.98 Å². The highest BCUT2D eigenvalue weighted by molar-refractivity contribution is 14.1. The van der Waals surface area contributed by atoms with Crippen LogP contribution in [0.2, 0.25) is 0 Å². The monoisotopic (exact) mass is 335 g/mol. The fourth-order valence-electron chi connectivity index (χ4n) is 1.50. The van der Waals surface area contributed by atoms with Crippen LogP contribution in [0.1, 0.15) is 5.69 Å². The van der Waals surface area contributed by atoms with E-state index in [1.807, 2.05) is 0 Å². The van der Waals surface area contributed by atoms with Crippen molar-refractivity contribution >= 4 is 33.4 Å². The molecule has 0 spiro atoms. The first-order valence-electron chi connectivity index (χ1n) is 4.59. The van der Waals surface area contributed by atoms with Crippen molar-refractivity contribution in [2.45, 2.75) is 11.0 Å². The van der Waals surface area contributed by atoms with Crippen LogP contribution in [0.4, 0.5) is 8.78 Å². The molecule has 2 rings (SSSR count). The molecule has 5 heteroatoms. The Kier molecular flexibility index (Phi) is 3.52. The first-order chi connectivity index (χ1) is 7.70. The van der Waals surface area contributed by atoms with Gasteiger partial charge in [0.2, 0.25) is 0 Å². The number of halogens is 3. The molecule has 1 aromatic carbocycles. The van der Waals surface area contributed by atoms with E-state index in [-0.39, 0.29) is 5.75 Å². The molecule has 1 heterocycles. The van der Waals surface area contributed by atoms with Crippen LogP contribution in [-0.2, 0) is 4.43 Å². The molecular formula is C11H8F2INO. The quantitative estimate of drug-likeness (QED) is 0.629. The molecule has 0 bridgehead atoms. The third-order valence-corrected chi connectivity index (χ3v) is 2.89. The van der Waals surface area contributed by atoms with Crippen LogP contribution in [0.15, 0.2) is 30.5 Å². The lowest BCUT2D eigenvalue weighted by atomic mass is 10.1. The van der Waals surface area contributed by atoms with Crippen LogP contribution in [0.3, 0.4) is 0 Å². The lowest BCUT2D eigenvalue weighted by molar-refractivity contribution is -0.0497. The van der Waals surface area contributed by atoms with Gasteiger partial charge in [0.05, 0.1) is 5.69 Å². The molecule has 0 aliphatic carbocycles. The summed E-state index contributed by atoms with van der Waals surface area (Å²) in [4.78, 5) is 4.22. The molecule has 0 saturated carbocycles. The second kappa shape index (κ2) is 4.90. The molecule has 1 aromatic heterocycles. The van der Waals surface area contributed by atoms with Crippen molar-refractivity contribution in [1.29, 1.82) is 0 Å². The summed E-state index contributed by atoms with van der Waals surface area (Å²) in [5.74, 6) is 0.174. The van der Waals surface area contributed by atoms with Crippen LogP contribution >= 0.6 is 22.6 Å². The number of fused-ring (bicyclic) bond motifs is 1. The lowest BCUT2D eigenvalue weighted by Crippen LogP contribution is -2.01. The topological polar surface area (TPSA) is 22.1 Å². The van der Waals surface area contributed by atoms with Gasteiger partial charge in [-0.1, -0.05) is 22.6 Å². The minimum atomic E-state index is -2.79. The fourth-order valence-corrected chi connectivity index (χ4v) is 2.11. The van der Waals surface area contributed by atoms with E-state index in [0.717, 1.165) is 20.9 Å². The van der Waals surface area contributed by atoms with Gasteiger partial charge in [-0.15, -0.1) is 0 Å². The Morgan fingerprint density at radius 1 is 1.31 bits per heavy atom. The van der Waals surface area contributed by atoms with Gasteiger partial charge in [-0.25, -0.2) is 0 Å². The highest BCUT2D eigenvalue weighted by Crippen LogP contribution is 2.24. The second-order valence-electron chi connectivity index (χ2n) is 3.15. The number of pyridine rings is 1. The molecule has 0 saturated heterocycles. The number of rotatable bonds is 3. The molecule has 0 aliphatic heterocycles. The SMILES string of the molecule is FC(F)Oc1ccc2c(CI)nccc2c1. The van der Waals surface area contributed by atoms with Crippen molar-refractivity contribution in [1.82, 2.24) is 4.98 Å². The van der Waals surface area contributed by atoms with Crippen molar-refractivity contribution in [2.75, 3.05) is 0 Å². The first-order valence-corrected chi connectivity index (χ1v) is 6.11. The molecule has 0 aliphatic rings. The molecule has 0 N–H and O–H groups in total. The summed E-state index contributed by atoms with van der Waals surface area (Å²) in [6.45, 7) is -2.79. The number of hydrogen-bond donors (Lipinski definition) is 0. The highest BCUT2D eigenvalue weighted by atomic mass is 127. The van der Waals surface area contributed by atoms with Crippen LogP contribution < -0.4 is 4.74 Å². The van der Waals surface area contributed by atoms with Gasteiger partial charge in [0.25, 0.3) is 0 Å². The Bertz CT molecular complexity index is 504. The molecule has 0 unspecified atom stereocenters. The predicted molar refractivity (Wildman–Crippen MR) is 66.1 cm³/mol. The zero-order valence-corrected chi connectivity index (χ0v) is 10.3. The molecule has 0 amide bonds. The summed E-state index contributed by atoms with van der Waals surface area (Å²) in [5, 5.41) is 1.83. The second-order valence-corrected chi connectivity index (χ2v) is 3.92. The average molecular weight is 335 g/mol. The number of aromatic nitrogens is 1. The molecule has 2 nitrogen and oxygen atoms in total. The molecular weight excluding hydrogens is 327 g/mol. The van der Waals surface area contributed by atoms with E-state index in [1.54, 1.807) is 24.4 Å². The maximum absolute atomic E-state index is 12.0. The number of alkyl halides is 3. The van der Waals surface area contributed by atoms with Crippen molar-refractivity contribution in [3.8, 4) is 5.75 Å². The fraction of sp³-hybridized carbons (Fsp3) is 0.182. The number of nitrogens with zero attached hydrogens (tertiary/aromatic N) is 1. The van der Waals surface area contributed by atoms with E-state index in [1.165, 1.54) is 6.07 Å². The van der Waals surface area contributed by atoms with Crippen molar-refractivity contribution < 1.29 is 13.5 Å². The molecule has 16 heavy (non-hydrogen) atoms. The Labute approximate surface area is 105 Å².